The van der Waals surface area contributed by atoms with Crippen molar-refractivity contribution in [3.05, 3.63) is 89.5 Å². The summed E-state index contributed by atoms with van der Waals surface area (Å²) in [5, 5.41) is 2.49. The Morgan fingerprint density at radius 3 is 2.41 bits per heavy atom. The van der Waals surface area contributed by atoms with Crippen LogP contribution in [0.15, 0.2) is 72.8 Å². The summed E-state index contributed by atoms with van der Waals surface area (Å²) < 4.78 is 49.6. The molecule has 0 spiro atoms. The predicted octanol–water partition coefficient (Wildman–Crippen LogP) is 5.55. The number of carbonyl (C=O) groups excluding carboxylic acids is 1. The van der Waals surface area contributed by atoms with Crippen LogP contribution < -0.4 is 14.8 Å². The van der Waals surface area contributed by atoms with Crippen LogP contribution >= 0.6 is 0 Å². The van der Waals surface area contributed by atoms with E-state index in [1.54, 1.807) is 24.3 Å². The van der Waals surface area contributed by atoms with Gasteiger partial charge in [-0.1, -0.05) is 24.3 Å². The Kier molecular flexibility index (Phi) is 6.07. The molecule has 0 fully saturated rings. The summed E-state index contributed by atoms with van der Waals surface area (Å²) in [7, 11) is 1.50. The van der Waals surface area contributed by atoms with Gasteiger partial charge >= 0.3 is 6.18 Å². The minimum atomic E-state index is -4.48. The number of alkyl halides is 3. The van der Waals surface area contributed by atoms with Crippen molar-refractivity contribution in [1.82, 2.24) is 0 Å². The van der Waals surface area contributed by atoms with E-state index < -0.39 is 17.6 Å². The molecule has 1 amide bonds. The molecule has 29 heavy (non-hydrogen) atoms. The number of anilines is 1. The van der Waals surface area contributed by atoms with E-state index in [2.05, 4.69) is 5.32 Å². The average Bonchev–Trinajstić information content (AvgIpc) is 2.72. The molecule has 0 heterocycles. The van der Waals surface area contributed by atoms with Crippen LogP contribution in [0.2, 0.25) is 0 Å². The number of rotatable bonds is 6. The number of para-hydroxylation sites is 1. The molecule has 0 aliphatic carbocycles. The molecule has 0 radical (unpaired) electrons. The lowest BCUT2D eigenvalue weighted by Crippen LogP contribution is -2.14. The SMILES string of the molecule is COc1ccc(C(=O)Nc2cccc(C(F)(F)F)c2)cc1COc1ccccc1. The van der Waals surface area contributed by atoms with Gasteiger partial charge in [-0.15, -0.1) is 0 Å². The van der Waals surface area contributed by atoms with Crippen molar-refractivity contribution in [2.75, 3.05) is 12.4 Å². The Morgan fingerprint density at radius 2 is 1.72 bits per heavy atom. The second-order valence-corrected chi connectivity index (χ2v) is 6.16. The molecule has 150 valence electrons. The number of nitrogens with one attached hydrogen (secondary N) is 1. The topological polar surface area (TPSA) is 47.6 Å². The van der Waals surface area contributed by atoms with Crippen LogP contribution in [-0.2, 0) is 12.8 Å². The maximum absolute atomic E-state index is 12.8. The smallest absolute Gasteiger partial charge is 0.416 e. The highest BCUT2D eigenvalue weighted by molar-refractivity contribution is 6.04. The van der Waals surface area contributed by atoms with Gasteiger partial charge in [0.15, 0.2) is 0 Å². The van der Waals surface area contributed by atoms with Gasteiger partial charge in [-0.25, -0.2) is 0 Å². The van der Waals surface area contributed by atoms with Crippen molar-refractivity contribution < 1.29 is 27.4 Å². The molecule has 7 heteroatoms. The molecule has 1 N–H and O–H groups in total. The normalized spacial score (nSPS) is 11.0. The van der Waals surface area contributed by atoms with Gasteiger partial charge in [-0.2, -0.15) is 13.2 Å². The zero-order valence-electron chi connectivity index (χ0n) is 15.5. The standard InChI is InChI=1S/C22H18F3NO3/c1-28-20-11-10-15(12-16(20)14-29-19-8-3-2-4-9-19)21(27)26-18-7-5-6-17(13-18)22(23,24)25/h2-13H,14H2,1H3,(H,26,27). The molecule has 0 aromatic heterocycles. The van der Waals surface area contributed by atoms with Gasteiger partial charge in [0.25, 0.3) is 5.91 Å². The van der Waals surface area contributed by atoms with E-state index in [4.69, 9.17) is 9.47 Å². The first-order chi connectivity index (χ1) is 13.9. The molecule has 0 aliphatic heterocycles. The highest BCUT2D eigenvalue weighted by atomic mass is 19.4. The lowest BCUT2D eigenvalue weighted by Gasteiger charge is -2.13. The Hall–Kier alpha value is -3.48. The minimum absolute atomic E-state index is 0.0581. The number of ether oxygens (including phenoxy) is 2. The van der Waals surface area contributed by atoms with Crippen molar-refractivity contribution in [3.63, 3.8) is 0 Å². The summed E-state index contributed by atoms with van der Waals surface area (Å²) >= 11 is 0. The van der Waals surface area contributed by atoms with Crippen molar-refractivity contribution in [2.24, 2.45) is 0 Å². The van der Waals surface area contributed by atoms with Crippen molar-refractivity contribution >= 4 is 11.6 Å². The van der Waals surface area contributed by atoms with Crippen LogP contribution in [0.3, 0.4) is 0 Å². The third-order valence-electron chi connectivity index (χ3n) is 4.13. The van der Waals surface area contributed by atoms with Crippen LogP contribution in [-0.4, -0.2) is 13.0 Å². The summed E-state index contributed by atoms with van der Waals surface area (Å²) in [4.78, 5) is 12.5. The third kappa shape index (κ3) is 5.28. The van der Waals surface area contributed by atoms with Crippen LogP contribution in [0.5, 0.6) is 11.5 Å². The monoisotopic (exact) mass is 401 g/mol. The highest BCUT2D eigenvalue weighted by Gasteiger charge is 2.30. The molecule has 0 saturated carbocycles. The molecule has 3 aromatic rings. The van der Waals surface area contributed by atoms with Crippen molar-refractivity contribution in [3.8, 4) is 11.5 Å². The maximum Gasteiger partial charge on any atom is 0.416 e. The number of hydrogen-bond acceptors (Lipinski definition) is 3. The second-order valence-electron chi connectivity index (χ2n) is 6.16. The van der Waals surface area contributed by atoms with Crippen molar-refractivity contribution in [1.29, 1.82) is 0 Å². The van der Waals surface area contributed by atoms with E-state index in [-0.39, 0.29) is 17.9 Å². The number of benzene rings is 3. The van der Waals surface area contributed by atoms with Gasteiger partial charge in [0.1, 0.15) is 18.1 Å². The molecular weight excluding hydrogens is 383 g/mol. The Morgan fingerprint density at radius 1 is 0.966 bits per heavy atom. The lowest BCUT2D eigenvalue weighted by atomic mass is 10.1. The number of hydrogen-bond donors (Lipinski definition) is 1. The van der Waals surface area contributed by atoms with Crippen LogP contribution in [0.25, 0.3) is 0 Å². The Labute approximate surface area is 165 Å². The third-order valence-corrected chi connectivity index (χ3v) is 4.13. The Balaban J connectivity index is 1.77. The van der Waals surface area contributed by atoms with Gasteiger partial charge in [-0.3, -0.25) is 4.79 Å². The summed E-state index contributed by atoms with van der Waals surface area (Å²) in [6.07, 6.45) is -4.48. The fraction of sp³-hybridized carbons (Fsp3) is 0.136. The van der Waals surface area contributed by atoms with Gasteiger partial charge in [0.05, 0.1) is 12.7 Å². The quantitative estimate of drug-likeness (QED) is 0.590. The van der Waals surface area contributed by atoms with E-state index in [0.29, 0.717) is 17.1 Å². The molecule has 0 bridgehead atoms. The van der Waals surface area contributed by atoms with Crippen LogP contribution in [0.1, 0.15) is 21.5 Å². The molecule has 3 aromatic carbocycles. The first-order valence-corrected chi connectivity index (χ1v) is 8.70. The highest BCUT2D eigenvalue weighted by Crippen LogP contribution is 2.31. The van der Waals surface area contributed by atoms with Gasteiger partial charge in [0.2, 0.25) is 0 Å². The van der Waals surface area contributed by atoms with Gasteiger partial charge < -0.3 is 14.8 Å². The number of halogens is 3. The molecule has 4 nitrogen and oxygen atoms in total. The fourth-order valence-electron chi connectivity index (χ4n) is 2.69. The van der Waals surface area contributed by atoms with Crippen molar-refractivity contribution in [2.45, 2.75) is 12.8 Å². The zero-order valence-corrected chi connectivity index (χ0v) is 15.5. The molecular formula is C22H18F3NO3. The molecule has 0 unspecified atom stereocenters. The molecule has 3 rings (SSSR count). The molecule has 0 aliphatic rings. The number of carbonyl (C=O) groups is 1. The Bertz CT molecular complexity index is 988. The minimum Gasteiger partial charge on any atom is -0.496 e. The number of methoxy groups -OCH3 is 1. The fourth-order valence-corrected chi connectivity index (χ4v) is 2.69. The predicted molar refractivity (Wildman–Crippen MR) is 103 cm³/mol. The van der Waals surface area contributed by atoms with E-state index in [0.717, 1.165) is 12.1 Å². The molecule has 0 saturated heterocycles. The zero-order chi connectivity index (χ0) is 20.9. The first-order valence-electron chi connectivity index (χ1n) is 8.70. The second kappa shape index (κ2) is 8.68. The molecule has 0 atom stereocenters. The van der Waals surface area contributed by atoms with Crippen LogP contribution in [0, 0.1) is 0 Å². The van der Waals surface area contributed by atoms with E-state index in [9.17, 15) is 18.0 Å². The van der Waals surface area contributed by atoms with E-state index in [1.165, 1.54) is 25.3 Å². The van der Waals surface area contributed by atoms with Crippen LogP contribution in [0.4, 0.5) is 18.9 Å². The van der Waals surface area contributed by atoms with E-state index in [1.807, 2.05) is 18.2 Å². The van der Waals surface area contributed by atoms with Gasteiger partial charge in [-0.05, 0) is 48.5 Å². The average molecular weight is 401 g/mol. The lowest BCUT2D eigenvalue weighted by molar-refractivity contribution is -0.137. The van der Waals surface area contributed by atoms with Gasteiger partial charge in [0, 0.05) is 16.8 Å². The summed E-state index contributed by atoms with van der Waals surface area (Å²) in [6, 6.07) is 18.4. The summed E-state index contributed by atoms with van der Waals surface area (Å²) in [5.74, 6) is 0.665. The largest absolute Gasteiger partial charge is 0.496 e. The van der Waals surface area contributed by atoms with E-state index >= 15 is 0 Å². The number of amides is 1. The summed E-state index contributed by atoms with van der Waals surface area (Å²) in [6.45, 7) is 0.165. The summed E-state index contributed by atoms with van der Waals surface area (Å²) in [5.41, 5.74) is 0.132. The maximum atomic E-state index is 12.8. The first kappa shape index (κ1) is 20.3.